The molecule has 0 spiro atoms. The van der Waals surface area contributed by atoms with Gasteiger partial charge in [0, 0.05) is 5.41 Å². The quantitative estimate of drug-likeness (QED) is 0.569. The average Bonchev–Trinajstić information content (AvgIpc) is 1.97. The Labute approximate surface area is 78.3 Å². The van der Waals surface area contributed by atoms with Crippen molar-refractivity contribution >= 4 is 11.6 Å². The van der Waals surface area contributed by atoms with Gasteiger partial charge in [-0.1, -0.05) is 19.4 Å². The highest BCUT2D eigenvalue weighted by Crippen LogP contribution is 2.27. The largest absolute Gasteiger partial charge is 0.294 e. The van der Waals surface area contributed by atoms with E-state index >= 15 is 0 Å². The second kappa shape index (κ2) is 3.29. The zero-order valence-electron chi connectivity index (χ0n) is 8.26. The minimum atomic E-state index is -0.377. The van der Waals surface area contributed by atoms with Gasteiger partial charge in [0.25, 0.3) is 0 Å². The second-order valence-electron chi connectivity index (χ2n) is 4.15. The van der Waals surface area contributed by atoms with E-state index in [2.05, 4.69) is 0 Å². The van der Waals surface area contributed by atoms with E-state index in [1.165, 1.54) is 12.2 Å². The maximum atomic E-state index is 11.5. The Morgan fingerprint density at radius 1 is 1.23 bits per heavy atom. The van der Waals surface area contributed by atoms with Crippen LogP contribution in [-0.4, -0.2) is 11.6 Å². The Kier molecular flexibility index (Phi) is 2.50. The standard InChI is InChI=1S/C11H14O2/c1-8-6-9(12)4-5-10(13)11(2,3)7-8/h4-6H,7H2,1-3H3. The first-order valence-electron chi connectivity index (χ1n) is 4.35. The lowest BCUT2D eigenvalue weighted by atomic mass is 9.80. The molecule has 70 valence electrons. The van der Waals surface area contributed by atoms with Crippen LogP contribution in [0.4, 0.5) is 0 Å². The molecule has 0 aromatic carbocycles. The van der Waals surface area contributed by atoms with Crippen LogP contribution in [0.2, 0.25) is 0 Å². The Morgan fingerprint density at radius 2 is 1.85 bits per heavy atom. The summed E-state index contributed by atoms with van der Waals surface area (Å²) in [5.74, 6) is -0.0744. The molecule has 1 rings (SSSR count). The molecule has 13 heavy (non-hydrogen) atoms. The smallest absolute Gasteiger partial charge is 0.178 e. The molecule has 0 amide bonds. The first-order valence-corrected chi connectivity index (χ1v) is 4.35. The fourth-order valence-electron chi connectivity index (χ4n) is 1.51. The van der Waals surface area contributed by atoms with E-state index in [1.807, 2.05) is 20.8 Å². The van der Waals surface area contributed by atoms with Crippen LogP contribution in [0.3, 0.4) is 0 Å². The lowest BCUT2D eigenvalue weighted by Crippen LogP contribution is -2.24. The fourth-order valence-corrected chi connectivity index (χ4v) is 1.51. The molecule has 0 aliphatic heterocycles. The third kappa shape index (κ3) is 2.38. The van der Waals surface area contributed by atoms with Crippen molar-refractivity contribution < 1.29 is 9.59 Å². The molecule has 0 radical (unpaired) electrons. The van der Waals surface area contributed by atoms with Crippen LogP contribution in [0.25, 0.3) is 0 Å². The van der Waals surface area contributed by atoms with E-state index in [0.29, 0.717) is 6.42 Å². The molecule has 0 bridgehead atoms. The minimum Gasteiger partial charge on any atom is -0.294 e. The predicted molar refractivity (Wildman–Crippen MR) is 51.3 cm³/mol. The highest BCUT2D eigenvalue weighted by atomic mass is 16.1. The monoisotopic (exact) mass is 178 g/mol. The van der Waals surface area contributed by atoms with Gasteiger partial charge in [-0.3, -0.25) is 9.59 Å². The van der Waals surface area contributed by atoms with Gasteiger partial charge >= 0.3 is 0 Å². The minimum absolute atomic E-state index is 0.0216. The first-order chi connectivity index (χ1) is 5.92. The first kappa shape index (κ1) is 9.90. The lowest BCUT2D eigenvalue weighted by Gasteiger charge is -2.22. The Hall–Kier alpha value is -1.18. The molecule has 0 fully saturated rings. The van der Waals surface area contributed by atoms with Gasteiger partial charge in [0.1, 0.15) is 0 Å². The van der Waals surface area contributed by atoms with Crippen LogP contribution >= 0.6 is 0 Å². The molecule has 0 unspecified atom stereocenters. The van der Waals surface area contributed by atoms with Crippen molar-refractivity contribution in [2.45, 2.75) is 27.2 Å². The Bertz CT molecular complexity index is 306. The van der Waals surface area contributed by atoms with Crippen molar-refractivity contribution in [3.05, 3.63) is 23.8 Å². The summed E-state index contributed by atoms with van der Waals surface area (Å²) in [4.78, 5) is 22.6. The molecular weight excluding hydrogens is 164 g/mol. The normalized spacial score (nSPS) is 22.2. The second-order valence-corrected chi connectivity index (χ2v) is 4.15. The van der Waals surface area contributed by atoms with E-state index < -0.39 is 0 Å². The van der Waals surface area contributed by atoms with Gasteiger partial charge in [0.15, 0.2) is 11.6 Å². The van der Waals surface area contributed by atoms with Gasteiger partial charge in [0.05, 0.1) is 0 Å². The highest BCUT2D eigenvalue weighted by Gasteiger charge is 2.26. The van der Waals surface area contributed by atoms with Crippen LogP contribution in [0, 0.1) is 5.41 Å². The topological polar surface area (TPSA) is 34.1 Å². The molecule has 0 saturated carbocycles. The lowest BCUT2D eigenvalue weighted by molar-refractivity contribution is -0.122. The Morgan fingerprint density at radius 3 is 2.46 bits per heavy atom. The number of carbonyl (C=O) groups excluding carboxylic acids is 2. The predicted octanol–water partition coefficient (Wildman–Crippen LogP) is 2.06. The van der Waals surface area contributed by atoms with Crippen molar-refractivity contribution in [1.29, 1.82) is 0 Å². The average molecular weight is 178 g/mol. The van der Waals surface area contributed by atoms with E-state index in [9.17, 15) is 9.59 Å². The van der Waals surface area contributed by atoms with Gasteiger partial charge in [0.2, 0.25) is 0 Å². The third-order valence-electron chi connectivity index (χ3n) is 2.18. The summed E-state index contributed by atoms with van der Waals surface area (Å²) in [5, 5.41) is 0. The molecular formula is C11H14O2. The fraction of sp³-hybridized carbons (Fsp3) is 0.455. The molecule has 1 aliphatic rings. The summed E-state index contributed by atoms with van der Waals surface area (Å²) in [7, 11) is 0. The van der Waals surface area contributed by atoms with Crippen molar-refractivity contribution in [3.63, 3.8) is 0 Å². The molecule has 0 atom stereocenters. The number of ketones is 2. The summed E-state index contributed by atoms with van der Waals surface area (Å²) in [6.07, 6.45) is 4.96. The SMILES string of the molecule is CC1=CC(=O)C=CC(=O)C(C)(C)C1. The van der Waals surface area contributed by atoms with E-state index in [-0.39, 0.29) is 17.0 Å². The van der Waals surface area contributed by atoms with Crippen LogP contribution in [0.1, 0.15) is 27.2 Å². The maximum absolute atomic E-state index is 11.5. The molecule has 2 heteroatoms. The summed E-state index contributed by atoms with van der Waals surface area (Å²) in [6.45, 7) is 5.67. The van der Waals surface area contributed by atoms with E-state index in [4.69, 9.17) is 0 Å². The molecule has 1 aliphatic carbocycles. The van der Waals surface area contributed by atoms with Crippen LogP contribution in [0.15, 0.2) is 23.8 Å². The number of hydrogen-bond acceptors (Lipinski definition) is 2. The third-order valence-corrected chi connectivity index (χ3v) is 2.18. The van der Waals surface area contributed by atoms with Gasteiger partial charge in [-0.25, -0.2) is 0 Å². The van der Waals surface area contributed by atoms with Crippen molar-refractivity contribution in [3.8, 4) is 0 Å². The van der Waals surface area contributed by atoms with Crippen LogP contribution < -0.4 is 0 Å². The zero-order chi connectivity index (χ0) is 10.1. The van der Waals surface area contributed by atoms with E-state index in [0.717, 1.165) is 5.57 Å². The van der Waals surface area contributed by atoms with Crippen molar-refractivity contribution in [2.75, 3.05) is 0 Å². The Balaban J connectivity index is 3.03. The summed E-state index contributed by atoms with van der Waals surface area (Å²) in [6, 6.07) is 0. The summed E-state index contributed by atoms with van der Waals surface area (Å²) in [5.41, 5.74) is 0.588. The molecule has 0 aromatic heterocycles. The molecule has 2 nitrogen and oxygen atoms in total. The van der Waals surface area contributed by atoms with Crippen molar-refractivity contribution in [1.82, 2.24) is 0 Å². The maximum Gasteiger partial charge on any atom is 0.178 e. The molecule has 0 N–H and O–H groups in total. The highest BCUT2D eigenvalue weighted by molar-refractivity contribution is 6.06. The van der Waals surface area contributed by atoms with E-state index in [1.54, 1.807) is 6.08 Å². The summed E-state index contributed by atoms with van der Waals surface area (Å²) >= 11 is 0. The van der Waals surface area contributed by atoms with Crippen LogP contribution in [0.5, 0.6) is 0 Å². The van der Waals surface area contributed by atoms with Gasteiger partial charge < -0.3 is 0 Å². The number of hydrogen-bond donors (Lipinski definition) is 0. The number of carbonyl (C=O) groups is 2. The molecule has 0 aromatic rings. The molecule has 0 heterocycles. The molecule has 0 saturated heterocycles. The van der Waals surface area contributed by atoms with Crippen molar-refractivity contribution in [2.24, 2.45) is 5.41 Å². The number of allylic oxidation sites excluding steroid dienone is 4. The summed E-state index contributed by atoms with van der Waals surface area (Å²) < 4.78 is 0. The number of rotatable bonds is 0. The van der Waals surface area contributed by atoms with Gasteiger partial charge in [-0.15, -0.1) is 0 Å². The van der Waals surface area contributed by atoms with Crippen LogP contribution in [-0.2, 0) is 9.59 Å². The zero-order valence-corrected chi connectivity index (χ0v) is 8.26. The van der Waals surface area contributed by atoms with Gasteiger partial charge in [-0.05, 0) is 31.6 Å². The van der Waals surface area contributed by atoms with Gasteiger partial charge in [-0.2, -0.15) is 0 Å².